The second-order valence-corrected chi connectivity index (χ2v) is 6.28. The molecule has 17 heavy (non-hydrogen) atoms. The average molecular weight is 277 g/mol. The predicted octanol–water partition coefficient (Wildman–Crippen LogP) is 1.67. The fraction of sp³-hybridized carbons (Fsp3) is 0.727. The van der Waals surface area contributed by atoms with Gasteiger partial charge < -0.3 is 10.6 Å². The quantitative estimate of drug-likeness (QED) is 0.893. The van der Waals surface area contributed by atoms with Gasteiger partial charge in [-0.05, 0) is 20.9 Å². The van der Waals surface area contributed by atoms with Gasteiger partial charge in [-0.25, -0.2) is 4.98 Å². The molecule has 98 valence electrons. The number of rotatable bonds is 2. The van der Waals surface area contributed by atoms with E-state index in [1.165, 1.54) is 4.88 Å². The first kappa shape index (κ1) is 14.7. The third kappa shape index (κ3) is 3.55. The van der Waals surface area contributed by atoms with Gasteiger partial charge in [-0.2, -0.15) is 0 Å². The number of hydrogen-bond donors (Lipinski definition) is 1. The van der Waals surface area contributed by atoms with Gasteiger partial charge in [-0.1, -0.05) is 0 Å². The normalized spacial score (nSPS) is 21.1. The maximum Gasteiger partial charge on any atom is 0.180 e. The lowest BCUT2D eigenvalue weighted by Gasteiger charge is -2.46. The van der Waals surface area contributed by atoms with Gasteiger partial charge in [0, 0.05) is 42.8 Å². The minimum Gasteiger partial charge on any atom is -0.375 e. The van der Waals surface area contributed by atoms with Crippen molar-refractivity contribution in [3.05, 3.63) is 11.1 Å². The highest BCUT2D eigenvalue weighted by Gasteiger charge is 2.32. The standard InChI is InChI=1S/C11H20N4S.ClH/c1-11(2)8-14(3)4-5-15(11)7-9-6-13-10(12)16-9;/h6H,4-5,7-8H2,1-3H3,(H2,12,13);1H. The average Bonchev–Trinajstić information content (AvgIpc) is 2.56. The molecule has 2 N–H and O–H groups in total. The van der Waals surface area contributed by atoms with Crippen LogP contribution in [0.2, 0.25) is 0 Å². The van der Waals surface area contributed by atoms with Crippen LogP contribution in [0.4, 0.5) is 5.13 Å². The number of anilines is 1. The molecule has 2 rings (SSSR count). The molecule has 0 spiro atoms. The molecule has 0 radical (unpaired) electrons. The molecule has 1 aliphatic rings. The third-order valence-corrected chi connectivity index (χ3v) is 3.99. The van der Waals surface area contributed by atoms with E-state index in [4.69, 9.17) is 5.73 Å². The summed E-state index contributed by atoms with van der Waals surface area (Å²) in [5.41, 5.74) is 5.88. The molecule has 1 fully saturated rings. The van der Waals surface area contributed by atoms with Crippen LogP contribution in [0, 0.1) is 0 Å². The summed E-state index contributed by atoms with van der Waals surface area (Å²) in [7, 11) is 2.18. The van der Waals surface area contributed by atoms with Crippen LogP contribution in [0.1, 0.15) is 18.7 Å². The van der Waals surface area contributed by atoms with Crippen molar-refractivity contribution in [1.82, 2.24) is 14.8 Å². The number of halogens is 1. The fourth-order valence-corrected chi connectivity index (χ4v) is 3.01. The van der Waals surface area contributed by atoms with Crippen LogP contribution in [0.15, 0.2) is 6.20 Å². The Bertz CT molecular complexity index is 366. The second kappa shape index (κ2) is 5.52. The number of hydrogen-bond acceptors (Lipinski definition) is 5. The molecule has 1 aromatic heterocycles. The smallest absolute Gasteiger partial charge is 0.180 e. The van der Waals surface area contributed by atoms with Crippen molar-refractivity contribution >= 4 is 28.9 Å². The molecule has 0 aromatic carbocycles. The van der Waals surface area contributed by atoms with Crippen LogP contribution < -0.4 is 5.73 Å². The summed E-state index contributed by atoms with van der Waals surface area (Å²) in [5.74, 6) is 0. The molecule has 0 saturated carbocycles. The predicted molar refractivity (Wildman–Crippen MR) is 75.8 cm³/mol. The van der Waals surface area contributed by atoms with Crippen LogP contribution in [0.5, 0.6) is 0 Å². The van der Waals surface area contributed by atoms with Gasteiger partial charge in [0.1, 0.15) is 0 Å². The number of likely N-dealkylation sites (N-methyl/N-ethyl adjacent to an activating group) is 1. The first-order chi connectivity index (χ1) is 7.47. The Kier molecular flexibility index (Phi) is 4.77. The fourth-order valence-electron chi connectivity index (χ4n) is 2.31. The molecule has 1 aromatic rings. The first-order valence-corrected chi connectivity index (χ1v) is 6.43. The topological polar surface area (TPSA) is 45.4 Å². The van der Waals surface area contributed by atoms with Crippen molar-refractivity contribution < 1.29 is 0 Å². The second-order valence-electron chi connectivity index (χ2n) is 5.14. The molecular formula is C11H21ClN4S. The van der Waals surface area contributed by atoms with Crippen LogP contribution >= 0.6 is 23.7 Å². The molecular weight excluding hydrogens is 256 g/mol. The molecule has 0 unspecified atom stereocenters. The lowest BCUT2D eigenvalue weighted by atomic mass is 9.99. The minimum absolute atomic E-state index is 0. The molecule has 0 amide bonds. The number of nitrogen functional groups attached to an aromatic ring is 1. The molecule has 0 aliphatic carbocycles. The molecule has 1 saturated heterocycles. The van der Waals surface area contributed by atoms with E-state index in [-0.39, 0.29) is 17.9 Å². The monoisotopic (exact) mass is 276 g/mol. The van der Waals surface area contributed by atoms with Gasteiger partial charge in [-0.15, -0.1) is 23.7 Å². The summed E-state index contributed by atoms with van der Waals surface area (Å²) in [6.45, 7) is 8.93. The van der Waals surface area contributed by atoms with E-state index < -0.39 is 0 Å². The number of nitrogens with zero attached hydrogens (tertiary/aromatic N) is 3. The van der Waals surface area contributed by atoms with E-state index in [1.807, 2.05) is 6.20 Å². The first-order valence-electron chi connectivity index (χ1n) is 5.61. The summed E-state index contributed by atoms with van der Waals surface area (Å²) in [6, 6.07) is 0. The van der Waals surface area contributed by atoms with E-state index in [9.17, 15) is 0 Å². The van der Waals surface area contributed by atoms with E-state index in [0.29, 0.717) is 5.13 Å². The lowest BCUT2D eigenvalue weighted by molar-refractivity contribution is 0.0261. The maximum atomic E-state index is 5.65. The maximum absolute atomic E-state index is 5.65. The van der Waals surface area contributed by atoms with Crippen molar-refractivity contribution in [2.75, 3.05) is 32.4 Å². The molecule has 0 atom stereocenters. The number of aromatic nitrogens is 1. The summed E-state index contributed by atoms with van der Waals surface area (Å²) >= 11 is 1.59. The summed E-state index contributed by atoms with van der Waals surface area (Å²) in [5, 5.41) is 0.668. The van der Waals surface area contributed by atoms with Crippen molar-refractivity contribution in [2.45, 2.75) is 25.9 Å². The lowest BCUT2D eigenvalue weighted by Crippen LogP contribution is -2.57. The largest absolute Gasteiger partial charge is 0.375 e. The Labute approximate surface area is 113 Å². The zero-order valence-electron chi connectivity index (χ0n) is 10.6. The molecule has 4 nitrogen and oxygen atoms in total. The van der Waals surface area contributed by atoms with E-state index in [1.54, 1.807) is 11.3 Å². The van der Waals surface area contributed by atoms with Crippen LogP contribution in [-0.4, -0.2) is 47.0 Å². The molecule has 0 bridgehead atoms. The summed E-state index contributed by atoms with van der Waals surface area (Å²) in [4.78, 5) is 10.3. The van der Waals surface area contributed by atoms with E-state index in [2.05, 4.69) is 35.7 Å². The van der Waals surface area contributed by atoms with E-state index >= 15 is 0 Å². The van der Waals surface area contributed by atoms with Crippen molar-refractivity contribution in [3.8, 4) is 0 Å². The molecule has 2 heterocycles. The summed E-state index contributed by atoms with van der Waals surface area (Å²) < 4.78 is 0. The van der Waals surface area contributed by atoms with Gasteiger partial charge in [0.05, 0.1) is 0 Å². The molecule has 1 aliphatic heterocycles. The Morgan fingerprint density at radius 3 is 2.71 bits per heavy atom. The molecule has 6 heteroatoms. The Morgan fingerprint density at radius 1 is 1.47 bits per heavy atom. The third-order valence-electron chi connectivity index (χ3n) is 3.18. The minimum atomic E-state index is 0. The zero-order chi connectivity index (χ0) is 11.8. The Balaban J connectivity index is 0.00000144. The zero-order valence-corrected chi connectivity index (χ0v) is 12.3. The number of thiazole rings is 1. The van der Waals surface area contributed by atoms with Gasteiger partial charge >= 0.3 is 0 Å². The number of nitrogens with two attached hydrogens (primary N) is 1. The Morgan fingerprint density at radius 2 is 2.18 bits per heavy atom. The van der Waals surface area contributed by atoms with Crippen molar-refractivity contribution in [3.63, 3.8) is 0 Å². The van der Waals surface area contributed by atoms with Gasteiger partial charge in [0.15, 0.2) is 5.13 Å². The van der Waals surface area contributed by atoms with Crippen LogP contribution in [0.3, 0.4) is 0 Å². The summed E-state index contributed by atoms with van der Waals surface area (Å²) in [6.07, 6.45) is 1.90. The van der Waals surface area contributed by atoms with Gasteiger partial charge in [0.2, 0.25) is 0 Å². The van der Waals surface area contributed by atoms with Crippen molar-refractivity contribution in [1.29, 1.82) is 0 Å². The number of piperazine rings is 1. The highest BCUT2D eigenvalue weighted by molar-refractivity contribution is 7.15. The van der Waals surface area contributed by atoms with Crippen LogP contribution in [0.25, 0.3) is 0 Å². The Hall–Kier alpha value is -0.360. The van der Waals surface area contributed by atoms with Crippen molar-refractivity contribution in [2.24, 2.45) is 0 Å². The SMILES string of the molecule is CN1CCN(Cc2cnc(N)s2)C(C)(C)C1.Cl. The highest BCUT2D eigenvalue weighted by atomic mass is 35.5. The van der Waals surface area contributed by atoms with E-state index in [0.717, 1.165) is 26.2 Å². The van der Waals surface area contributed by atoms with Gasteiger partial charge in [-0.3, -0.25) is 4.90 Å². The van der Waals surface area contributed by atoms with Gasteiger partial charge in [0.25, 0.3) is 0 Å². The highest BCUT2D eigenvalue weighted by Crippen LogP contribution is 2.25. The van der Waals surface area contributed by atoms with Crippen LogP contribution in [-0.2, 0) is 6.54 Å².